The number of nitrogens with zero attached hydrogens (tertiary/aromatic N) is 1. The predicted molar refractivity (Wildman–Crippen MR) is 109 cm³/mol. The minimum Gasteiger partial charge on any atom is -0.494 e. The highest BCUT2D eigenvalue weighted by atomic mass is 16.5. The summed E-state index contributed by atoms with van der Waals surface area (Å²) in [5.74, 6) is 0.564. The van der Waals surface area contributed by atoms with E-state index >= 15 is 0 Å². The summed E-state index contributed by atoms with van der Waals surface area (Å²) in [6.07, 6.45) is 3.26. The molecular formula is C22H23N3O2. The van der Waals surface area contributed by atoms with Crippen LogP contribution in [-0.4, -0.2) is 17.5 Å². The number of pyridine rings is 1. The molecule has 1 heterocycles. The first-order valence-corrected chi connectivity index (χ1v) is 8.89. The molecule has 2 N–H and O–H groups in total. The minimum absolute atomic E-state index is 0.211. The van der Waals surface area contributed by atoms with Crippen LogP contribution in [0.25, 0.3) is 0 Å². The lowest BCUT2D eigenvalue weighted by Crippen LogP contribution is -2.12. The van der Waals surface area contributed by atoms with Crippen molar-refractivity contribution in [2.24, 2.45) is 0 Å². The number of carbonyl (C=O) groups excluding carboxylic acids is 1. The summed E-state index contributed by atoms with van der Waals surface area (Å²) in [6.45, 7) is 6.64. The third kappa shape index (κ3) is 4.64. The first-order valence-electron chi connectivity index (χ1n) is 8.89. The monoisotopic (exact) mass is 361 g/mol. The average molecular weight is 361 g/mol. The van der Waals surface area contributed by atoms with E-state index in [9.17, 15) is 4.79 Å². The van der Waals surface area contributed by atoms with Gasteiger partial charge in [-0.1, -0.05) is 18.2 Å². The average Bonchev–Trinajstić information content (AvgIpc) is 2.67. The number of hydrogen-bond donors (Lipinski definition) is 2. The Morgan fingerprint density at radius 1 is 1.00 bits per heavy atom. The van der Waals surface area contributed by atoms with Gasteiger partial charge in [0.05, 0.1) is 24.1 Å². The zero-order chi connectivity index (χ0) is 19.2. The third-order valence-corrected chi connectivity index (χ3v) is 4.17. The molecule has 0 fully saturated rings. The molecule has 0 saturated heterocycles. The Hall–Kier alpha value is -3.34. The van der Waals surface area contributed by atoms with E-state index in [0.717, 1.165) is 28.3 Å². The zero-order valence-corrected chi connectivity index (χ0v) is 15.7. The smallest absolute Gasteiger partial charge is 0.257 e. The minimum atomic E-state index is -0.211. The van der Waals surface area contributed by atoms with E-state index in [1.807, 2.05) is 63.2 Å². The van der Waals surface area contributed by atoms with Gasteiger partial charge in [0.25, 0.3) is 5.91 Å². The number of aromatic nitrogens is 1. The van der Waals surface area contributed by atoms with Crippen molar-refractivity contribution in [2.75, 3.05) is 17.2 Å². The summed E-state index contributed by atoms with van der Waals surface area (Å²) >= 11 is 0. The van der Waals surface area contributed by atoms with E-state index in [0.29, 0.717) is 17.9 Å². The molecular weight excluding hydrogens is 338 g/mol. The Kier molecular flexibility index (Phi) is 5.71. The molecule has 5 nitrogen and oxygen atoms in total. The summed E-state index contributed by atoms with van der Waals surface area (Å²) in [5, 5.41) is 6.24. The van der Waals surface area contributed by atoms with Gasteiger partial charge in [-0.25, -0.2) is 0 Å². The van der Waals surface area contributed by atoms with E-state index in [1.54, 1.807) is 18.5 Å². The SMILES string of the molecule is CCOc1ccc(NC(=O)c2cncc(Nc3c(C)cccc3C)c2)cc1. The van der Waals surface area contributed by atoms with Crippen LogP contribution in [0.4, 0.5) is 17.1 Å². The molecule has 1 amide bonds. The van der Waals surface area contributed by atoms with Gasteiger partial charge in [-0.15, -0.1) is 0 Å². The lowest BCUT2D eigenvalue weighted by atomic mass is 10.1. The Bertz CT molecular complexity index is 916. The number of para-hydroxylation sites is 1. The first kappa shape index (κ1) is 18.5. The van der Waals surface area contributed by atoms with Crippen molar-refractivity contribution < 1.29 is 9.53 Å². The number of nitrogens with one attached hydrogen (secondary N) is 2. The lowest BCUT2D eigenvalue weighted by Gasteiger charge is -2.13. The van der Waals surface area contributed by atoms with Crippen molar-refractivity contribution in [3.63, 3.8) is 0 Å². The maximum Gasteiger partial charge on any atom is 0.257 e. The maximum atomic E-state index is 12.6. The molecule has 3 aromatic rings. The fourth-order valence-corrected chi connectivity index (χ4v) is 2.79. The van der Waals surface area contributed by atoms with Gasteiger partial charge in [-0.2, -0.15) is 0 Å². The fourth-order valence-electron chi connectivity index (χ4n) is 2.79. The second kappa shape index (κ2) is 8.36. The number of amides is 1. The summed E-state index contributed by atoms with van der Waals surface area (Å²) in [6, 6.07) is 15.2. The molecule has 0 atom stereocenters. The van der Waals surface area contributed by atoms with Crippen molar-refractivity contribution in [3.8, 4) is 5.75 Å². The predicted octanol–water partition coefficient (Wildman–Crippen LogP) is 5.09. The second-order valence-electron chi connectivity index (χ2n) is 6.27. The largest absolute Gasteiger partial charge is 0.494 e. The van der Waals surface area contributed by atoms with Crippen molar-refractivity contribution in [3.05, 3.63) is 77.6 Å². The summed E-state index contributed by atoms with van der Waals surface area (Å²) < 4.78 is 5.41. The van der Waals surface area contributed by atoms with E-state index in [-0.39, 0.29) is 5.91 Å². The Balaban J connectivity index is 1.73. The van der Waals surface area contributed by atoms with Crippen LogP contribution in [0.2, 0.25) is 0 Å². The summed E-state index contributed by atoms with van der Waals surface area (Å²) in [4.78, 5) is 16.8. The topological polar surface area (TPSA) is 63.2 Å². The van der Waals surface area contributed by atoms with E-state index < -0.39 is 0 Å². The molecule has 0 radical (unpaired) electrons. The molecule has 0 bridgehead atoms. The molecule has 0 aliphatic rings. The van der Waals surface area contributed by atoms with Crippen molar-refractivity contribution in [1.82, 2.24) is 4.98 Å². The fraction of sp³-hybridized carbons (Fsp3) is 0.182. The Morgan fingerprint density at radius 3 is 2.37 bits per heavy atom. The number of benzene rings is 2. The molecule has 2 aromatic carbocycles. The molecule has 5 heteroatoms. The van der Waals surface area contributed by atoms with Crippen LogP contribution < -0.4 is 15.4 Å². The summed E-state index contributed by atoms with van der Waals surface area (Å²) in [5.41, 5.74) is 5.27. The van der Waals surface area contributed by atoms with Crippen LogP contribution in [0.3, 0.4) is 0 Å². The molecule has 138 valence electrons. The highest BCUT2D eigenvalue weighted by molar-refractivity contribution is 6.04. The molecule has 3 rings (SSSR count). The third-order valence-electron chi connectivity index (χ3n) is 4.17. The quantitative estimate of drug-likeness (QED) is 0.642. The Morgan fingerprint density at radius 2 is 1.70 bits per heavy atom. The van der Waals surface area contributed by atoms with E-state index in [4.69, 9.17) is 4.74 Å². The molecule has 1 aromatic heterocycles. The van der Waals surface area contributed by atoms with Crippen molar-refractivity contribution >= 4 is 23.0 Å². The van der Waals surface area contributed by atoms with E-state index in [2.05, 4.69) is 15.6 Å². The van der Waals surface area contributed by atoms with Gasteiger partial charge in [0.2, 0.25) is 0 Å². The van der Waals surface area contributed by atoms with Gasteiger partial charge in [0.15, 0.2) is 0 Å². The number of carbonyl (C=O) groups is 1. The zero-order valence-electron chi connectivity index (χ0n) is 15.7. The van der Waals surface area contributed by atoms with Gasteiger partial charge in [0.1, 0.15) is 5.75 Å². The highest BCUT2D eigenvalue weighted by Crippen LogP contribution is 2.24. The summed E-state index contributed by atoms with van der Waals surface area (Å²) in [7, 11) is 0. The number of ether oxygens (including phenoxy) is 1. The van der Waals surface area contributed by atoms with Crippen LogP contribution in [-0.2, 0) is 0 Å². The molecule has 0 spiro atoms. The van der Waals surface area contributed by atoms with Crippen LogP contribution in [0, 0.1) is 13.8 Å². The number of hydrogen-bond acceptors (Lipinski definition) is 4. The maximum absolute atomic E-state index is 12.6. The normalized spacial score (nSPS) is 10.3. The molecule has 0 saturated carbocycles. The molecule has 0 aliphatic carbocycles. The molecule has 0 aliphatic heterocycles. The van der Waals surface area contributed by atoms with Crippen molar-refractivity contribution in [2.45, 2.75) is 20.8 Å². The second-order valence-corrected chi connectivity index (χ2v) is 6.27. The van der Waals surface area contributed by atoms with Gasteiger partial charge < -0.3 is 15.4 Å². The first-order chi connectivity index (χ1) is 13.1. The van der Waals surface area contributed by atoms with Crippen LogP contribution in [0.15, 0.2) is 60.9 Å². The highest BCUT2D eigenvalue weighted by Gasteiger charge is 2.09. The lowest BCUT2D eigenvalue weighted by molar-refractivity contribution is 0.102. The van der Waals surface area contributed by atoms with Gasteiger partial charge in [-0.05, 0) is 62.2 Å². The van der Waals surface area contributed by atoms with Crippen molar-refractivity contribution in [1.29, 1.82) is 0 Å². The number of rotatable bonds is 6. The van der Waals surface area contributed by atoms with Gasteiger partial charge in [0, 0.05) is 17.6 Å². The van der Waals surface area contributed by atoms with Crippen LogP contribution in [0.1, 0.15) is 28.4 Å². The molecule has 27 heavy (non-hydrogen) atoms. The molecule has 0 unspecified atom stereocenters. The standard InChI is InChI=1S/C22H23N3O2/c1-4-27-20-10-8-18(9-11-20)25-22(26)17-12-19(14-23-13-17)24-21-15(2)6-5-7-16(21)3/h5-14,24H,4H2,1-3H3,(H,25,26). The van der Waals surface area contributed by atoms with Gasteiger partial charge in [-0.3, -0.25) is 9.78 Å². The number of aryl methyl sites for hydroxylation is 2. The number of anilines is 3. The van der Waals surface area contributed by atoms with Gasteiger partial charge >= 0.3 is 0 Å². The Labute approximate surface area is 159 Å². The van der Waals surface area contributed by atoms with Crippen LogP contribution in [0.5, 0.6) is 5.75 Å². The van der Waals surface area contributed by atoms with Crippen LogP contribution >= 0.6 is 0 Å². The van der Waals surface area contributed by atoms with E-state index in [1.165, 1.54) is 0 Å².